The molecule has 4 aromatic heterocycles. The maximum absolute atomic E-state index is 13.3. The molecule has 0 saturated carbocycles. The molecule has 16 nitrogen and oxygen atoms in total. The van der Waals surface area contributed by atoms with Crippen LogP contribution in [-0.4, -0.2) is 92.3 Å². The van der Waals surface area contributed by atoms with Crippen LogP contribution >= 0.6 is 15.9 Å². The number of halogens is 1. The number of benzene rings is 2. The summed E-state index contributed by atoms with van der Waals surface area (Å²) in [5.41, 5.74) is 6.27. The highest BCUT2D eigenvalue weighted by Gasteiger charge is 2.39. The first-order chi connectivity index (χ1) is 30.5. The van der Waals surface area contributed by atoms with Crippen LogP contribution in [0.15, 0.2) is 124 Å². The Balaban J connectivity index is 0.000000154. The Kier molecular flexibility index (Phi) is 14.1. The van der Waals surface area contributed by atoms with Crippen LogP contribution in [0.5, 0.6) is 0 Å². The lowest BCUT2D eigenvalue weighted by Gasteiger charge is -2.32. The number of nitrogens with zero attached hydrogens (tertiary/aromatic N) is 7. The Morgan fingerprint density at radius 2 is 1.08 bits per heavy atom. The summed E-state index contributed by atoms with van der Waals surface area (Å²) in [6.07, 6.45) is 10.3. The van der Waals surface area contributed by atoms with E-state index in [0.29, 0.717) is 87.2 Å². The van der Waals surface area contributed by atoms with E-state index in [0.717, 1.165) is 46.5 Å². The highest BCUT2D eigenvalue weighted by molar-refractivity contribution is 9.10. The van der Waals surface area contributed by atoms with Gasteiger partial charge < -0.3 is 29.3 Å². The Morgan fingerprint density at radius 1 is 0.619 bits per heavy atom. The number of sulfonamides is 2. The maximum Gasteiger partial charge on any atom is 0.297 e. The number of aromatic nitrogens is 4. The van der Waals surface area contributed by atoms with E-state index >= 15 is 0 Å². The molecule has 6 aromatic rings. The van der Waals surface area contributed by atoms with Gasteiger partial charge in [0.1, 0.15) is 24.7 Å². The molecular formula is C44H49BrN8O8S2. The molecule has 10 rings (SSSR count). The lowest BCUT2D eigenvalue weighted by Crippen LogP contribution is -2.44. The standard InChI is InChI=1S/C22H24N4O4S.C19H23N3O3S.C3H2BrNO/c27-21(16-4-2-1-3-5-16)20-12-17-14-26(15-18(17)13-24-20)31(28,29)19-6-9-25(10-7-19)22-23-8-11-30-22;23-19(14-4-2-1-3-5-14)18-10-15-12-22(13-16(15)11-21-18)26(24,25)17-6-8-20-9-7-17;4-3-5-1-2-6-3/h1-5,8,11-13,19,21,27H,6-7,9-10,14-15H2;1-5,10-11,17,19-20,23H,6-9,12-13H2;1-2H. The highest BCUT2D eigenvalue weighted by atomic mass is 79.9. The Bertz CT molecular complexity index is 2630. The molecule has 0 bridgehead atoms. The van der Waals surface area contributed by atoms with Gasteiger partial charge in [-0.1, -0.05) is 60.7 Å². The predicted molar refractivity (Wildman–Crippen MR) is 238 cm³/mol. The van der Waals surface area contributed by atoms with E-state index in [1.54, 1.807) is 33.4 Å². The van der Waals surface area contributed by atoms with Crippen LogP contribution < -0.4 is 10.2 Å². The van der Waals surface area contributed by atoms with Gasteiger partial charge in [-0.05, 0) is 84.3 Å². The fourth-order valence-corrected chi connectivity index (χ4v) is 12.2. The van der Waals surface area contributed by atoms with Gasteiger partial charge in [-0.2, -0.15) is 8.61 Å². The fraction of sp³-hybridized carbons (Fsp3) is 0.364. The molecule has 4 aliphatic heterocycles. The van der Waals surface area contributed by atoms with Crippen molar-refractivity contribution in [2.45, 2.75) is 74.6 Å². The summed E-state index contributed by atoms with van der Waals surface area (Å²) in [6.45, 7) is 4.07. The fourth-order valence-electron chi connectivity index (χ4n) is 8.25. The van der Waals surface area contributed by atoms with Crippen LogP contribution in [0.25, 0.3) is 0 Å². The molecule has 8 heterocycles. The summed E-state index contributed by atoms with van der Waals surface area (Å²) < 4.78 is 65.5. The van der Waals surface area contributed by atoms with Gasteiger partial charge in [0.2, 0.25) is 20.0 Å². The minimum Gasteiger partial charge on any atom is -0.440 e. The van der Waals surface area contributed by atoms with Gasteiger partial charge in [0.25, 0.3) is 10.8 Å². The van der Waals surface area contributed by atoms with E-state index in [4.69, 9.17) is 4.42 Å². The molecule has 4 aliphatic rings. The minimum absolute atomic E-state index is 0.305. The molecule has 19 heteroatoms. The molecule has 332 valence electrons. The van der Waals surface area contributed by atoms with Crippen molar-refractivity contribution in [3.8, 4) is 0 Å². The van der Waals surface area contributed by atoms with Crippen LogP contribution in [-0.2, 0) is 46.2 Å². The number of hydrogen-bond donors (Lipinski definition) is 3. The second-order valence-corrected chi connectivity index (χ2v) is 20.8. The van der Waals surface area contributed by atoms with Crippen molar-refractivity contribution in [1.29, 1.82) is 0 Å². The van der Waals surface area contributed by atoms with Crippen molar-refractivity contribution in [2.24, 2.45) is 0 Å². The van der Waals surface area contributed by atoms with Crippen LogP contribution in [0, 0.1) is 0 Å². The van der Waals surface area contributed by atoms with Crippen molar-refractivity contribution in [3.05, 3.63) is 160 Å². The van der Waals surface area contributed by atoms with E-state index in [1.165, 1.54) is 12.5 Å². The zero-order valence-corrected chi connectivity index (χ0v) is 37.6. The molecule has 2 fully saturated rings. The highest BCUT2D eigenvalue weighted by Crippen LogP contribution is 2.34. The lowest BCUT2D eigenvalue weighted by molar-refractivity contribution is 0.215. The maximum atomic E-state index is 13.3. The predicted octanol–water partition coefficient (Wildman–Crippen LogP) is 5.46. The third-order valence-corrected chi connectivity index (χ3v) is 16.7. The van der Waals surface area contributed by atoms with Crippen LogP contribution in [0.4, 0.5) is 6.01 Å². The summed E-state index contributed by atoms with van der Waals surface area (Å²) in [7, 11) is -6.75. The lowest BCUT2D eigenvalue weighted by atomic mass is 10.0. The number of nitrogens with one attached hydrogen (secondary N) is 1. The van der Waals surface area contributed by atoms with Gasteiger partial charge in [-0.3, -0.25) is 9.97 Å². The van der Waals surface area contributed by atoms with E-state index in [-0.39, 0.29) is 5.25 Å². The quantitative estimate of drug-likeness (QED) is 0.165. The van der Waals surface area contributed by atoms with Crippen molar-refractivity contribution in [3.63, 3.8) is 0 Å². The number of fused-ring (bicyclic) bond motifs is 2. The minimum atomic E-state index is -3.44. The molecule has 2 saturated heterocycles. The third-order valence-electron chi connectivity index (χ3n) is 11.8. The third kappa shape index (κ3) is 10.4. The molecular weight excluding hydrogens is 913 g/mol. The second-order valence-electron chi connectivity index (χ2n) is 15.7. The number of hydrogen-bond acceptors (Lipinski definition) is 14. The van der Waals surface area contributed by atoms with Gasteiger partial charge in [-0.25, -0.2) is 26.8 Å². The first-order valence-electron chi connectivity index (χ1n) is 20.8. The van der Waals surface area contributed by atoms with Crippen molar-refractivity contribution < 1.29 is 35.9 Å². The molecule has 63 heavy (non-hydrogen) atoms. The van der Waals surface area contributed by atoms with E-state index in [1.807, 2.05) is 77.7 Å². The zero-order chi connectivity index (χ0) is 44.0. The van der Waals surface area contributed by atoms with Gasteiger partial charge in [-0.15, -0.1) is 0 Å². The van der Waals surface area contributed by atoms with Gasteiger partial charge >= 0.3 is 0 Å². The Morgan fingerprint density at radius 3 is 1.51 bits per heavy atom. The number of aliphatic hydroxyl groups is 2. The zero-order valence-electron chi connectivity index (χ0n) is 34.4. The SMILES string of the molecule is Brc1ncco1.O=S(=O)(C1CCN(c2ncco2)CC1)N1Cc2cnc(C(O)c3ccccc3)cc2C1.O=S(=O)(C1CCNCC1)N1Cc2cnc(C(O)c3ccccc3)cc2C1. The largest absolute Gasteiger partial charge is 0.440 e. The molecule has 2 unspecified atom stereocenters. The smallest absolute Gasteiger partial charge is 0.297 e. The average Bonchev–Trinajstić information content (AvgIpc) is 4.18. The number of rotatable bonds is 9. The normalized spacial score (nSPS) is 18.4. The topological polar surface area (TPSA) is 208 Å². The molecule has 0 radical (unpaired) electrons. The number of pyridine rings is 2. The van der Waals surface area contributed by atoms with E-state index in [2.05, 4.69) is 45.6 Å². The van der Waals surface area contributed by atoms with Crippen LogP contribution in [0.1, 0.15) is 82.7 Å². The van der Waals surface area contributed by atoms with Crippen molar-refractivity contribution >= 4 is 42.0 Å². The molecule has 0 amide bonds. The van der Waals surface area contributed by atoms with Crippen LogP contribution in [0.2, 0.25) is 0 Å². The molecule has 0 aliphatic carbocycles. The number of piperidine rings is 2. The molecule has 0 spiro atoms. The Hall–Kier alpha value is -4.86. The van der Waals surface area contributed by atoms with Gasteiger partial charge in [0.05, 0.1) is 34.3 Å². The van der Waals surface area contributed by atoms with Gasteiger partial charge in [0, 0.05) is 67.6 Å². The van der Waals surface area contributed by atoms with Crippen LogP contribution in [0.3, 0.4) is 0 Å². The van der Waals surface area contributed by atoms with Gasteiger partial charge in [0.15, 0.2) is 0 Å². The number of aliphatic hydroxyl groups excluding tert-OH is 2. The molecule has 2 atom stereocenters. The first-order valence-corrected chi connectivity index (χ1v) is 24.6. The first kappa shape index (κ1) is 44.7. The van der Waals surface area contributed by atoms with E-state index < -0.39 is 37.5 Å². The summed E-state index contributed by atoms with van der Waals surface area (Å²) in [4.78, 5) is 19.1. The summed E-state index contributed by atoms with van der Waals surface area (Å²) in [6, 6.07) is 22.9. The monoisotopic (exact) mass is 960 g/mol. The van der Waals surface area contributed by atoms with Crippen molar-refractivity contribution in [2.75, 3.05) is 31.1 Å². The Labute approximate surface area is 375 Å². The molecule has 3 N–H and O–H groups in total. The number of oxazole rings is 2. The van der Waals surface area contributed by atoms with Crippen molar-refractivity contribution in [1.82, 2.24) is 33.9 Å². The second kappa shape index (κ2) is 19.9. The average molecular weight is 962 g/mol. The summed E-state index contributed by atoms with van der Waals surface area (Å²) in [5.74, 6) is 0. The number of anilines is 1. The summed E-state index contributed by atoms with van der Waals surface area (Å²) >= 11 is 3.00. The van der Waals surface area contributed by atoms with E-state index in [9.17, 15) is 27.0 Å². The molecule has 2 aromatic carbocycles. The summed E-state index contributed by atoms with van der Waals surface area (Å²) in [5, 5.41) is 23.7.